The van der Waals surface area contributed by atoms with Gasteiger partial charge in [0, 0.05) is 29.6 Å². The Labute approximate surface area is 260 Å². The smallest absolute Gasteiger partial charge is 0.319 e. The van der Waals surface area contributed by atoms with Crippen molar-refractivity contribution in [1.82, 2.24) is 14.9 Å². The molecule has 4 heterocycles. The molecule has 4 aromatic rings. The van der Waals surface area contributed by atoms with Gasteiger partial charge in [-0.05, 0) is 48.5 Å². The van der Waals surface area contributed by atoms with Crippen molar-refractivity contribution in [2.45, 2.75) is 37.4 Å². The van der Waals surface area contributed by atoms with Crippen LogP contribution in [0.2, 0.25) is 5.02 Å². The second kappa shape index (κ2) is 11.1. The average Bonchev–Trinajstić information content (AvgIpc) is 3.45. The highest BCUT2D eigenvalue weighted by Gasteiger charge is 2.49. The number of fused-ring (bicyclic) bond motifs is 2. The van der Waals surface area contributed by atoms with Crippen LogP contribution in [0.3, 0.4) is 0 Å². The first-order valence-corrected chi connectivity index (χ1v) is 14.9. The second-order valence-corrected chi connectivity index (χ2v) is 12.0. The molecule has 1 aromatic heterocycles. The number of aromatic nitrogens is 2. The molecule has 0 radical (unpaired) electrons. The lowest BCUT2D eigenvalue weighted by Gasteiger charge is -2.31. The quantitative estimate of drug-likeness (QED) is 0.149. The molecule has 2 atom stereocenters. The molecule has 0 saturated carbocycles. The van der Waals surface area contributed by atoms with Crippen molar-refractivity contribution in [3.63, 3.8) is 0 Å². The molecule has 3 aromatic carbocycles. The summed E-state index contributed by atoms with van der Waals surface area (Å²) >= 11 is 6.86. The molecule has 7 rings (SSSR count). The molecule has 13 heteroatoms. The predicted molar refractivity (Wildman–Crippen MR) is 162 cm³/mol. The van der Waals surface area contributed by atoms with E-state index < -0.39 is 36.3 Å². The summed E-state index contributed by atoms with van der Waals surface area (Å²) < 4.78 is 85.7. The average molecular weight is 644 g/mol. The van der Waals surface area contributed by atoms with Crippen LogP contribution in [0, 0.1) is 24.0 Å². The van der Waals surface area contributed by atoms with E-state index in [1.165, 1.54) is 23.1 Å². The highest BCUT2D eigenvalue weighted by molar-refractivity contribution is 6.37. The van der Waals surface area contributed by atoms with Gasteiger partial charge < -0.3 is 20.1 Å². The third-order valence-electron chi connectivity index (χ3n) is 8.94. The van der Waals surface area contributed by atoms with E-state index in [0.29, 0.717) is 18.4 Å². The Morgan fingerprint density at radius 1 is 1.20 bits per heavy atom. The molecule has 2 N–H and O–H groups in total. The van der Waals surface area contributed by atoms with E-state index in [1.54, 1.807) is 6.07 Å². The molecule has 7 nitrogen and oxygen atoms in total. The van der Waals surface area contributed by atoms with Gasteiger partial charge in [-0.15, -0.1) is 6.42 Å². The number of rotatable bonds is 6. The summed E-state index contributed by atoms with van der Waals surface area (Å²) in [7, 11) is 0. The number of benzene rings is 3. The Balaban J connectivity index is 1.46. The van der Waals surface area contributed by atoms with Crippen molar-refractivity contribution >= 4 is 44.8 Å². The Morgan fingerprint density at radius 3 is 2.80 bits per heavy atom. The molecule has 2 fully saturated rings. The lowest BCUT2D eigenvalue weighted by Crippen LogP contribution is -2.43. The van der Waals surface area contributed by atoms with Crippen LogP contribution in [-0.2, 0) is 0 Å². The maximum atomic E-state index is 16.9. The van der Waals surface area contributed by atoms with Crippen LogP contribution in [0.1, 0.15) is 24.8 Å². The number of terminal acetylenes is 1. The van der Waals surface area contributed by atoms with E-state index >= 15 is 4.39 Å². The first kappa shape index (κ1) is 29.6. The van der Waals surface area contributed by atoms with Crippen molar-refractivity contribution in [1.29, 1.82) is 0 Å². The van der Waals surface area contributed by atoms with Gasteiger partial charge in [0.1, 0.15) is 36.5 Å². The van der Waals surface area contributed by atoms with Crippen LogP contribution in [0.15, 0.2) is 24.3 Å². The molecule has 3 aliphatic heterocycles. The van der Waals surface area contributed by atoms with Gasteiger partial charge in [0.05, 0.1) is 34.6 Å². The maximum Gasteiger partial charge on any atom is 0.319 e. The van der Waals surface area contributed by atoms with Crippen LogP contribution < -0.4 is 20.1 Å². The molecule has 0 bridgehead atoms. The molecule has 0 unspecified atom stereocenters. The standard InChI is InChI=1S/C32H27ClF5N5O2/c1-2-19-21(35)5-4-16-10-18(39)11-20(23(16)19)24-26(33)29-25-28(27(24)38)40-31(41-30(25)42(8-9-44-29)14-22(36)37)45-15-32-6-3-7-43(32)13-17(34)12-32/h1,4-5,10-11,17,22H,3,6-9,12-15,39H2/t17-,32+/m1/s1. The number of hydrogen-bond donors (Lipinski definition) is 1. The molecule has 2 saturated heterocycles. The number of ether oxygens (including phenoxy) is 2. The number of nitrogen functional groups attached to an aromatic ring is 1. The van der Waals surface area contributed by atoms with Crippen molar-refractivity contribution in [3.05, 3.63) is 46.5 Å². The minimum Gasteiger partial charge on any atom is -0.489 e. The highest BCUT2D eigenvalue weighted by Crippen LogP contribution is 2.50. The van der Waals surface area contributed by atoms with Gasteiger partial charge in [0.15, 0.2) is 11.6 Å². The summed E-state index contributed by atoms with van der Waals surface area (Å²) in [6.07, 6.45) is 3.76. The zero-order valence-electron chi connectivity index (χ0n) is 23.9. The zero-order valence-corrected chi connectivity index (χ0v) is 24.6. The Bertz CT molecular complexity index is 1900. The van der Waals surface area contributed by atoms with Crippen LogP contribution >= 0.6 is 11.6 Å². The van der Waals surface area contributed by atoms with E-state index in [-0.39, 0.29) is 87.4 Å². The normalized spacial score (nSPS) is 21.3. The van der Waals surface area contributed by atoms with E-state index in [4.69, 9.17) is 33.2 Å². The third-order valence-corrected chi connectivity index (χ3v) is 9.30. The summed E-state index contributed by atoms with van der Waals surface area (Å²) in [6, 6.07) is 5.38. The minimum absolute atomic E-state index is 0.0198. The number of alkyl halides is 3. The fourth-order valence-electron chi connectivity index (χ4n) is 7.06. The van der Waals surface area contributed by atoms with Gasteiger partial charge in [0.25, 0.3) is 6.43 Å². The molecular formula is C32H27ClF5N5O2. The largest absolute Gasteiger partial charge is 0.489 e. The molecule has 0 amide bonds. The molecular weight excluding hydrogens is 617 g/mol. The number of anilines is 2. The zero-order chi connectivity index (χ0) is 31.6. The minimum atomic E-state index is -2.75. The Morgan fingerprint density at radius 2 is 2.02 bits per heavy atom. The molecule has 0 spiro atoms. The first-order chi connectivity index (χ1) is 21.6. The Kier molecular flexibility index (Phi) is 7.28. The Hall–Kier alpha value is -4.08. The lowest BCUT2D eigenvalue weighted by atomic mass is 9.92. The fourth-order valence-corrected chi connectivity index (χ4v) is 7.39. The van der Waals surface area contributed by atoms with Crippen LogP contribution in [0.25, 0.3) is 32.8 Å². The second-order valence-electron chi connectivity index (χ2n) is 11.7. The van der Waals surface area contributed by atoms with Crippen LogP contribution in [0.4, 0.5) is 33.5 Å². The molecule has 3 aliphatic rings. The van der Waals surface area contributed by atoms with E-state index in [9.17, 15) is 17.6 Å². The van der Waals surface area contributed by atoms with Crippen LogP contribution in [-0.4, -0.2) is 72.4 Å². The lowest BCUT2D eigenvalue weighted by molar-refractivity contribution is 0.107. The van der Waals surface area contributed by atoms with Gasteiger partial charge in [-0.1, -0.05) is 23.6 Å². The summed E-state index contributed by atoms with van der Waals surface area (Å²) in [4.78, 5) is 12.1. The van der Waals surface area contributed by atoms with Gasteiger partial charge in [0.2, 0.25) is 0 Å². The van der Waals surface area contributed by atoms with E-state index in [0.717, 1.165) is 13.0 Å². The van der Waals surface area contributed by atoms with E-state index in [2.05, 4.69) is 15.9 Å². The summed E-state index contributed by atoms with van der Waals surface area (Å²) in [6.45, 7) is 0.219. The summed E-state index contributed by atoms with van der Waals surface area (Å²) in [5.41, 5.74) is 5.29. The van der Waals surface area contributed by atoms with Crippen molar-refractivity contribution in [2.75, 3.05) is 50.0 Å². The van der Waals surface area contributed by atoms with Crippen molar-refractivity contribution in [3.8, 4) is 35.2 Å². The van der Waals surface area contributed by atoms with Crippen LogP contribution in [0.5, 0.6) is 11.8 Å². The van der Waals surface area contributed by atoms with Gasteiger partial charge in [-0.25, -0.2) is 22.0 Å². The predicted octanol–water partition coefficient (Wildman–Crippen LogP) is 6.36. The third kappa shape index (κ3) is 4.84. The number of nitrogens with two attached hydrogens (primary N) is 1. The highest BCUT2D eigenvalue weighted by atomic mass is 35.5. The number of halogens is 6. The van der Waals surface area contributed by atoms with Crippen molar-refractivity contribution < 1.29 is 31.4 Å². The van der Waals surface area contributed by atoms with Gasteiger partial charge >= 0.3 is 6.01 Å². The maximum absolute atomic E-state index is 16.9. The summed E-state index contributed by atoms with van der Waals surface area (Å²) in [5.74, 6) is 0.596. The fraction of sp³-hybridized carbons (Fsp3) is 0.375. The monoisotopic (exact) mass is 643 g/mol. The van der Waals surface area contributed by atoms with E-state index in [1.807, 2.05) is 4.90 Å². The first-order valence-electron chi connectivity index (χ1n) is 14.5. The topological polar surface area (TPSA) is 76.7 Å². The number of hydrogen-bond acceptors (Lipinski definition) is 7. The molecule has 234 valence electrons. The van der Waals surface area contributed by atoms with Crippen molar-refractivity contribution in [2.24, 2.45) is 0 Å². The van der Waals surface area contributed by atoms with Gasteiger partial charge in [-0.2, -0.15) is 9.97 Å². The SMILES string of the molecule is C#Cc1c(F)ccc2cc(N)cc(-c3c(Cl)c4c5c(nc(OC[C@@]67CCCN6C[C@H](F)C7)nc5c3F)N(CC(F)F)CCO4)c12. The summed E-state index contributed by atoms with van der Waals surface area (Å²) in [5, 5.41) is 0.408. The van der Waals surface area contributed by atoms with Gasteiger partial charge in [-0.3, -0.25) is 4.90 Å². The molecule has 45 heavy (non-hydrogen) atoms. The molecule has 0 aliphatic carbocycles. The number of nitrogens with zero attached hydrogens (tertiary/aromatic N) is 4.